The van der Waals surface area contributed by atoms with Gasteiger partial charge in [0.2, 0.25) is 0 Å². The van der Waals surface area contributed by atoms with Gasteiger partial charge in [-0.15, -0.1) is 0 Å². The van der Waals surface area contributed by atoms with Crippen LogP contribution >= 0.6 is 0 Å². The molecule has 41 heavy (non-hydrogen) atoms. The van der Waals surface area contributed by atoms with E-state index in [-0.39, 0.29) is 23.0 Å². The maximum Gasteiger partial charge on any atom is 0.335 e. The fourth-order valence-corrected chi connectivity index (χ4v) is 4.21. The first-order valence-electron chi connectivity index (χ1n) is 13.0. The normalized spacial score (nSPS) is 14.0. The lowest BCUT2D eigenvalue weighted by Gasteiger charge is -2.13. The van der Waals surface area contributed by atoms with Crippen molar-refractivity contribution < 1.29 is 33.8 Å². The second kappa shape index (κ2) is 15.2. The molecule has 0 aromatic heterocycles. The number of nitrogens with one attached hydrogen (secondary N) is 3. The van der Waals surface area contributed by atoms with Crippen molar-refractivity contribution in [1.82, 2.24) is 5.32 Å². The van der Waals surface area contributed by atoms with Gasteiger partial charge in [0.25, 0.3) is 5.91 Å². The van der Waals surface area contributed by atoms with Crippen molar-refractivity contribution in [3.8, 4) is 11.5 Å². The summed E-state index contributed by atoms with van der Waals surface area (Å²) >= 11 is 0. The predicted molar refractivity (Wildman–Crippen MR) is 158 cm³/mol. The number of carbonyl (C=O) groups is 4. The highest BCUT2D eigenvalue weighted by atomic mass is 16.5. The molecule has 2 aliphatic rings. The van der Waals surface area contributed by atoms with Crippen molar-refractivity contribution in [3.63, 3.8) is 0 Å². The molecule has 1 amide bonds. The number of benzene rings is 2. The molecule has 2 aliphatic carbocycles. The van der Waals surface area contributed by atoms with E-state index >= 15 is 0 Å². The number of amides is 1. The van der Waals surface area contributed by atoms with Crippen LogP contribution < -0.4 is 31.2 Å². The van der Waals surface area contributed by atoms with Crippen LogP contribution in [-0.2, 0) is 9.59 Å². The summed E-state index contributed by atoms with van der Waals surface area (Å²) in [6.45, 7) is 3.61. The van der Waals surface area contributed by atoms with Gasteiger partial charge in [-0.2, -0.15) is 0 Å². The monoisotopic (exact) mass is 566 g/mol. The van der Waals surface area contributed by atoms with Crippen LogP contribution in [-0.4, -0.2) is 56.9 Å². The number of carboxylic acids is 1. The van der Waals surface area contributed by atoms with E-state index in [9.17, 15) is 19.2 Å². The van der Waals surface area contributed by atoms with Gasteiger partial charge in [-0.1, -0.05) is 0 Å². The molecule has 0 aliphatic heterocycles. The Kier molecular flexibility index (Phi) is 12.1. The third-order valence-electron chi connectivity index (χ3n) is 6.66. The predicted octanol–water partition coefficient (Wildman–Crippen LogP) is 4.12. The van der Waals surface area contributed by atoms with E-state index in [0.29, 0.717) is 48.4 Å². The number of ether oxygens (including phenoxy) is 2. The molecule has 0 saturated carbocycles. The fourth-order valence-electron chi connectivity index (χ4n) is 4.21. The second-order valence-electron chi connectivity index (χ2n) is 9.02. The average molecular weight is 567 g/mol. The number of anilines is 2. The van der Waals surface area contributed by atoms with E-state index in [1.165, 1.54) is 26.3 Å². The molecule has 2 aromatic carbocycles. The first kappa shape index (κ1) is 32.6. The summed E-state index contributed by atoms with van der Waals surface area (Å²) in [5.74, 6) is 0.167. The number of ketones is 2. The molecule has 0 spiro atoms. The molecule has 2 aromatic rings. The van der Waals surface area contributed by atoms with Gasteiger partial charge < -0.3 is 36.3 Å². The van der Waals surface area contributed by atoms with E-state index < -0.39 is 5.97 Å². The minimum Gasteiger partial charge on any atom is -0.495 e. The Morgan fingerprint density at radius 1 is 0.756 bits per heavy atom. The Bertz CT molecular complexity index is 1380. The lowest BCUT2D eigenvalue weighted by molar-refractivity contribution is -0.115. The minimum absolute atomic E-state index is 0.142. The zero-order valence-corrected chi connectivity index (χ0v) is 24.3. The number of rotatable bonds is 8. The molecule has 0 heterocycles. The zero-order valence-electron chi connectivity index (χ0n) is 24.3. The summed E-state index contributed by atoms with van der Waals surface area (Å²) in [5.41, 5.74) is 9.89. The van der Waals surface area contributed by atoms with Gasteiger partial charge in [-0.25, -0.2) is 4.79 Å². The van der Waals surface area contributed by atoms with Crippen LogP contribution in [0, 0.1) is 0 Å². The van der Waals surface area contributed by atoms with Crippen molar-refractivity contribution in [2.45, 2.75) is 39.5 Å². The van der Waals surface area contributed by atoms with Crippen LogP contribution in [0.4, 0.5) is 11.4 Å². The van der Waals surface area contributed by atoms with Crippen molar-refractivity contribution in [1.29, 1.82) is 0 Å². The van der Waals surface area contributed by atoms with Crippen LogP contribution in [0.1, 0.15) is 60.2 Å². The Hall–Kier alpha value is -4.64. The number of hydrogen-bond donors (Lipinski definition) is 5. The highest BCUT2D eigenvalue weighted by Crippen LogP contribution is 2.32. The minimum atomic E-state index is -1.00. The van der Waals surface area contributed by atoms with E-state index in [1.807, 2.05) is 6.92 Å². The van der Waals surface area contributed by atoms with Crippen molar-refractivity contribution in [2.75, 3.05) is 38.9 Å². The summed E-state index contributed by atoms with van der Waals surface area (Å²) in [6, 6.07) is 9.78. The molecule has 220 valence electrons. The first-order valence-corrected chi connectivity index (χ1v) is 13.0. The van der Waals surface area contributed by atoms with Gasteiger partial charge >= 0.3 is 5.97 Å². The maximum absolute atomic E-state index is 11.6. The van der Waals surface area contributed by atoms with Gasteiger partial charge in [-0.3, -0.25) is 14.4 Å². The molecule has 0 atom stereocenters. The lowest BCUT2D eigenvalue weighted by Crippen LogP contribution is -2.17. The Balaban J connectivity index is 0.000000271. The third kappa shape index (κ3) is 8.18. The summed E-state index contributed by atoms with van der Waals surface area (Å²) in [6.07, 6.45) is 2.45. The van der Waals surface area contributed by atoms with E-state index in [4.69, 9.17) is 14.6 Å². The standard InChI is InChI=1S/C15H18N2O3.C14H15NO4.CH5N/c1-9-11(6-7-13(9)18)17-12-5-4-10(15(19)16-2)8-14(12)20-3;1-8-10(5-6-12(8)16)15-11-4-3-9(14(17)18)7-13(11)19-2;1-2/h4-5,8,17H,6-7H2,1-3H3,(H,16,19);3-4,7,15H,5-6H2,1-2H3,(H,17,18);2H2,1H3. The molecule has 0 fully saturated rings. The third-order valence-corrected chi connectivity index (χ3v) is 6.66. The molecule has 11 nitrogen and oxygen atoms in total. The number of carboxylic acid groups (broad SMARTS) is 1. The number of methoxy groups -OCH3 is 2. The number of carbonyl (C=O) groups excluding carboxylic acids is 3. The second-order valence-corrected chi connectivity index (χ2v) is 9.02. The van der Waals surface area contributed by atoms with Crippen LogP contribution in [0.5, 0.6) is 11.5 Å². The molecule has 4 rings (SSSR count). The lowest BCUT2D eigenvalue weighted by atomic mass is 10.1. The zero-order chi connectivity index (χ0) is 30.7. The highest BCUT2D eigenvalue weighted by Gasteiger charge is 2.21. The quantitative estimate of drug-likeness (QED) is 0.313. The topological polar surface area (TPSA) is 169 Å². The molecule has 0 radical (unpaired) electrons. The SMILES string of the molecule is CN.CNC(=O)c1ccc(NC2=C(C)C(=O)CC2)c(OC)c1.COc1cc(C(=O)O)ccc1NC1=C(C)C(=O)CC1. The number of aromatic carboxylic acids is 1. The average Bonchev–Trinajstić information content (AvgIpc) is 3.48. The van der Waals surface area contributed by atoms with Crippen LogP contribution in [0.25, 0.3) is 0 Å². The number of allylic oxidation sites excluding steroid dienone is 4. The summed E-state index contributed by atoms with van der Waals surface area (Å²) in [5, 5.41) is 17.9. The fraction of sp³-hybridized carbons (Fsp3) is 0.333. The van der Waals surface area contributed by atoms with Crippen molar-refractivity contribution >= 4 is 34.8 Å². The van der Waals surface area contributed by atoms with Gasteiger partial charge in [-0.05, 0) is 70.1 Å². The van der Waals surface area contributed by atoms with Crippen molar-refractivity contribution in [2.24, 2.45) is 5.73 Å². The molecular formula is C30H38N4O7. The molecule has 0 saturated heterocycles. The molecule has 0 bridgehead atoms. The number of nitrogens with two attached hydrogens (primary N) is 1. The molecular weight excluding hydrogens is 528 g/mol. The number of Topliss-reactive ketones (excluding diaryl/α,β-unsaturated/α-hetero) is 2. The van der Waals surface area contributed by atoms with Gasteiger partial charge in [0.15, 0.2) is 11.6 Å². The largest absolute Gasteiger partial charge is 0.495 e. The van der Waals surface area contributed by atoms with Crippen LogP contribution in [0.2, 0.25) is 0 Å². The van der Waals surface area contributed by atoms with E-state index in [1.54, 1.807) is 45.3 Å². The van der Waals surface area contributed by atoms with Gasteiger partial charge in [0.05, 0.1) is 31.2 Å². The van der Waals surface area contributed by atoms with E-state index in [2.05, 4.69) is 21.7 Å². The summed E-state index contributed by atoms with van der Waals surface area (Å²) in [4.78, 5) is 45.5. The van der Waals surface area contributed by atoms with Gasteiger partial charge in [0.1, 0.15) is 11.5 Å². The Labute approximate surface area is 239 Å². The van der Waals surface area contributed by atoms with Gasteiger partial charge in [0, 0.05) is 48.0 Å². The van der Waals surface area contributed by atoms with Crippen molar-refractivity contribution in [3.05, 3.63) is 70.1 Å². The van der Waals surface area contributed by atoms with E-state index in [0.717, 1.165) is 28.2 Å². The van der Waals surface area contributed by atoms with Crippen LogP contribution in [0.15, 0.2) is 58.9 Å². The van der Waals surface area contributed by atoms with Crippen LogP contribution in [0.3, 0.4) is 0 Å². The highest BCUT2D eigenvalue weighted by molar-refractivity contribution is 6.00. The molecule has 0 unspecified atom stereocenters. The first-order chi connectivity index (χ1) is 19.6. The Morgan fingerprint density at radius 2 is 1.17 bits per heavy atom. The smallest absolute Gasteiger partial charge is 0.335 e. The maximum atomic E-state index is 11.6. The molecule has 11 heteroatoms. The number of hydrogen-bond acceptors (Lipinski definition) is 9. The summed E-state index contributed by atoms with van der Waals surface area (Å²) in [7, 11) is 6.11. The molecule has 6 N–H and O–H groups in total. The Morgan fingerprint density at radius 3 is 1.51 bits per heavy atom. The summed E-state index contributed by atoms with van der Waals surface area (Å²) < 4.78 is 10.5.